The second-order valence-corrected chi connectivity index (χ2v) is 6.54. The highest BCUT2D eigenvalue weighted by Crippen LogP contribution is 2.28. The maximum absolute atomic E-state index is 13.2. The van der Waals surface area contributed by atoms with Crippen LogP contribution in [0.5, 0.6) is 5.75 Å². The van der Waals surface area contributed by atoms with Gasteiger partial charge in [0.1, 0.15) is 29.6 Å². The largest absolute Gasteiger partial charge is 0.487 e. The number of carbonyl (C=O) groups excluding carboxylic acids is 1. The van der Waals surface area contributed by atoms with Crippen molar-refractivity contribution in [1.82, 2.24) is 14.7 Å². The maximum Gasteiger partial charge on any atom is 0.272 e. The molecular formula is C18H20FN3O2. The molecular weight excluding hydrogens is 309 g/mol. The molecule has 0 radical (unpaired) electrons. The lowest BCUT2D eigenvalue weighted by molar-refractivity contribution is 0.0631. The first-order valence-electron chi connectivity index (χ1n) is 8.43. The fourth-order valence-corrected chi connectivity index (χ4v) is 3.24. The third-order valence-electron chi connectivity index (χ3n) is 4.80. The molecule has 0 unspecified atom stereocenters. The molecule has 1 aromatic carbocycles. The summed E-state index contributed by atoms with van der Waals surface area (Å²) in [5.74, 6) is 0.842. The molecule has 0 atom stereocenters. The molecule has 24 heavy (non-hydrogen) atoms. The second kappa shape index (κ2) is 6.26. The van der Waals surface area contributed by atoms with Gasteiger partial charge in [-0.25, -0.2) is 4.39 Å². The van der Waals surface area contributed by atoms with Crippen molar-refractivity contribution in [3.05, 3.63) is 47.5 Å². The van der Waals surface area contributed by atoms with E-state index in [2.05, 4.69) is 5.10 Å². The SMILES string of the molecule is O=C1c2cc(COc3cccc(F)c3)nn2CCN1CC1CCC1. The third kappa shape index (κ3) is 3.00. The molecule has 2 aliphatic rings. The zero-order valence-electron chi connectivity index (χ0n) is 13.4. The Morgan fingerprint density at radius 2 is 2.12 bits per heavy atom. The standard InChI is InChI=1S/C18H20FN3O2/c19-14-5-2-6-16(9-14)24-12-15-10-17-18(23)21(7-8-22(17)20-15)11-13-3-1-4-13/h2,5-6,9-10,13H,1,3-4,7-8,11-12H2. The van der Waals surface area contributed by atoms with Crippen molar-refractivity contribution in [1.29, 1.82) is 0 Å². The molecule has 1 saturated carbocycles. The van der Waals surface area contributed by atoms with Crippen LogP contribution in [-0.2, 0) is 13.2 Å². The van der Waals surface area contributed by atoms with Gasteiger partial charge in [-0.1, -0.05) is 12.5 Å². The van der Waals surface area contributed by atoms with Crippen LogP contribution in [0.3, 0.4) is 0 Å². The summed E-state index contributed by atoms with van der Waals surface area (Å²) >= 11 is 0. The van der Waals surface area contributed by atoms with Gasteiger partial charge in [-0.2, -0.15) is 5.10 Å². The summed E-state index contributed by atoms with van der Waals surface area (Å²) in [5.41, 5.74) is 1.31. The van der Waals surface area contributed by atoms with Crippen LogP contribution in [0.2, 0.25) is 0 Å². The van der Waals surface area contributed by atoms with Crippen LogP contribution in [0.4, 0.5) is 4.39 Å². The van der Waals surface area contributed by atoms with Crippen LogP contribution in [0.25, 0.3) is 0 Å². The number of aromatic nitrogens is 2. The first-order valence-corrected chi connectivity index (χ1v) is 8.43. The quantitative estimate of drug-likeness (QED) is 0.847. The minimum atomic E-state index is -0.335. The van der Waals surface area contributed by atoms with Gasteiger partial charge in [0.2, 0.25) is 0 Å². The van der Waals surface area contributed by atoms with Crippen LogP contribution in [-0.4, -0.2) is 33.7 Å². The fourth-order valence-electron chi connectivity index (χ4n) is 3.24. The Morgan fingerprint density at radius 1 is 1.25 bits per heavy atom. The van der Waals surface area contributed by atoms with E-state index < -0.39 is 0 Å². The number of fused-ring (bicyclic) bond motifs is 1. The van der Waals surface area contributed by atoms with Crippen molar-refractivity contribution < 1.29 is 13.9 Å². The van der Waals surface area contributed by atoms with Crippen molar-refractivity contribution in [2.75, 3.05) is 13.1 Å². The zero-order valence-corrected chi connectivity index (χ0v) is 13.4. The molecule has 0 saturated heterocycles. The van der Waals surface area contributed by atoms with E-state index >= 15 is 0 Å². The molecule has 0 spiro atoms. The van der Waals surface area contributed by atoms with Crippen LogP contribution < -0.4 is 4.74 Å². The Morgan fingerprint density at radius 3 is 2.88 bits per heavy atom. The van der Waals surface area contributed by atoms with Crippen molar-refractivity contribution in [3.8, 4) is 5.75 Å². The summed E-state index contributed by atoms with van der Waals surface area (Å²) in [6, 6.07) is 7.79. The number of halogens is 1. The van der Waals surface area contributed by atoms with E-state index in [-0.39, 0.29) is 18.3 Å². The predicted octanol–water partition coefficient (Wildman–Crippen LogP) is 2.86. The van der Waals surface area contributed by atoms with E-state index in [0.29, 0.717) is 36.1 Å². The summed E-state index contributed by atoms with van der Waals surface area (Å²) in [6.45, 7) is 2.51. The lowest BCUT2D eigenvalue weighted by Crippen LogP contribution is -2.43. The Balaban J connectivity index is 1.42. The number of benzene rings is 1. The number of hydrogen-bond acceptors (Lipinski definition) is 3. The van der Waals surface area contributed by atoms with Gasteiger partial charge in [-0.05, 0) is 37.0 Å². The van der Waals surface area contributed by atoms with Crippen LogP contribution >= 0.6 is 0 Å². The number of rotatable bonds is 5. The lowest BCUT2D eigenvalue weighted by atomic mass is 9.85. The highest BCUT2D eigenvalue weighted by Gasteiger charge is 2.29. The van der Waals surface area contributed by atoms with Gasteiger partial charge < -0.3 is 9.64 Å². The Labute approximate surface area is 140 Å². The molecule has 0 bridgehead atoms. The molecule has 1 fully saturated rings. The molecule has 126 valence electrons. The monoisotopic (exact) mass is 329 g/mol. The van der Waals surface area contributed by atoms with Crippen molar-refractivity contribution in [2.45, 2.75) is 32.4 Å². The predicted molar refractivity (Wildman–Crippen MR) is 86.2 cm³/mol. The Kier molecular flexibility index (Phi) is 3.96. The molecule has 1 amide bonds. The number of carbonyl (C=O) groups is 1. The average Bonchev–Trinajstić information content (AvgIpc) is 2.95. The normalized spacial score (nSPS) is 17.5. The van der Waals surface area contributed by atoms with E-state index in [1.165, 1.54) is 31.4 Å². The van der Waals surface area contributed by atoms with Crippen molar-refractivity contribution in [3.63, 3.8) is 0 Å². The molecule has 1 aromatic heterocycles. The number of nitrogens with zero attached hydrogens (tertiary/aromatic N) is 3. The molecule has 2 heterocycles. The average molecular weight is 329 g/mol. The van der Waals surface area contributed by atoms with Gasteiger partial charge >= 0.3 is 0 Å². The molecule has 0 N–H and O–H groups in total. The van der Waals surface area contributed by atoms with Crippen LogP contribution in [0.1, 0.15) is 35.4 Å². The van der Waals surface area contributed by atoms with Crippen molar-refractivity contribution >= 4 is 5.91 Å². The summed E-state index contributed by atoms with van der Waals surface area (Å²) in [4.78, 5) is 14.5. The Bertz CT molecular complexity index is 754. The first-order chi connectivity index (χ1) is 11.7. The van der Waals surface area contributed by atoms with Gasteiger partial charge in [0.15, 0.2) is 0 Å². The number of hydrogen-bond donors (Lipinski definition) is 0. The molecule has 4 rings (SSSR count). The summed E-state index contributed by atoms with van der Waals surface area (Å²) in [7, 11) is 0. The third-order valence-corrected chi connectivity index (χ3v) is 4.80. The molecule has 1 aliphatic carbocycles. The van der Waals surface area contributed by atoms with Gasteiger partial charge in [0.05, 0.1) is 6.54 Å². The van der Waals surface area contributed by atoms with E-state index in [1.807, 2.05) is 4.90 Å². The van der Waals surface area contributed by atoms with Gasteiger partial charge in [-0.15, -0.1) is 0 Å². The summed E-state index contributed by atoms with van der Waals surface area (Å²) < 4.78 is 20.5. The summed E-state index contributed by atoms with van der Waals surface area (Å²) in [5, 5.41) is 4.44. The summed E-state index contributed by atoms with van der Waals surface area (Å²) in [6.07, 6.45) is 3.75. The van der Waals surface area contributed by atoms with Gasteiger partial charge in [-0.3, -0.25) is 9.48 Å². The van der Waals surface area contributed by atoms with Gasteiger partial charge in [0.25, 0.3) is 5.91 Å². The molecule has 5 nitrogen and oxygen atoms in total. The zero-order chi connectivity index (χ0) is 16.5. The second-order valence-electron chi connectivity index (χ2n) is 6.54. The highest BCUT2D eigenvalue weighted by molar-refractivity contribution is 5.93. The van der Waals surface area contributed by atoms with Crippen LogP contribution in [0, 0.1) is 11.7 Å². The first kappa shape index (κ1) is 15.2. The van der Waals surface area contributed by atoms with E-state index in [9.17, 15) is 9.18 Å². The van der Waals surface area contributed by atoms with Gasteiger partial charge in [0, 0.05) is 19.2 Å². The maximum atomic E-state index is 13.2. The molecule has 1 aliphatic heterocycles. The fraction of sp³-hybridized carbons (Fsp3) is 0.444. The van der Waals surface area contributed by atoms with E-state index in [0.717, 1.165) is 6.54 Å². The smallest absolute Gasteiger partial charge is 0.272 e. The van der Waals surface area contributed by atoms with Crippen LogP contribution in [0.15, 0.2) is 30.3 Å². The number of amides is 1. The van der Waals surface area contributed by atoms with Crippen molar-refractivity contribution in [2.24, 2.45) is 5.92 Å². The molecule has 6 heteroatoms. The lowest BCUT2D eigenvalue weighted by Gasteiger charge is -2.34. The molecule has 2 aromatic rings. The number of ether oxygens (including phenoxy) is 1. The topological polar surface area (TPSA) is 47.4 Å². The van der Waals surface area contributed by atoms with E-state index in [4.69, 9.17) is 4.74 Å². The highest BCUT2D eigenvalue weighted by atomic mass is 19.1. The minimum Gasteiger partial charge on any atom is -0.487 e. The minimum absolute atomic E-state index is 0.0534. The van der Waals surface area contributed by atoms with E-state index in [1.54, 1.807) is 22.9 Å². The Hall–Kier alpha value is -2.37.